The summed E-state index contributed by atoms with van der Waals surface area (Å²) in [6.07, 6.45) is 5.91. The van der Waals surface area contributed by atoms with Crippen LogP contribution >= 0.6 is 0 Å². The van der Waals surface area contributed by atoms with Crippen LogP contribution in [0.2, 0.25) is 0 Å². The third kappa shape index (κ3) is 4.09. The summed E-state index contributed by atoms with van der Waals surface area (Å²) >= 11 is 0. The first-order valence-corrected chi connectivity index (χ1v) is 10.00. The molecular formula is C21H26N4O3. The van der Waals surface area contributed by atoms with Crippen LogP contribution in [0.3, 0.4) is 0 Å². The zero-order valence-corrected chi connectivity index (χ0v) is 15.9. The lowest BCUT2D eigenvalue weighted by molar-refractivity contribution is -0.124. The Kier molecular flexibility index (Phi) is 5.71. The first-order valence-electron chi connectivity index (χ1n) is 10.00. The number of benzene rings is 1. The predicted octanol–water partition coefficient (Wildman–Crippen LogP) is 2.36. The molecule has 2 amide bonds. The SMILES string of the molecule is O=C(NCc1ccc(-c2[nH]ncc2C(=O)N2CCOCC2)cc1)C1CCCC1. The van der Waals surface area contributed by atoms with Crippen molar-refractivity contribution in [2.24, 2.45) is 5.92 Å². The highest BCUT2D eigenvalue weighted by atomic mass is 16.5. The molecule has 7 nitrogen and oxygen atoms in total. The van der Waals surface area contributed by atoms with E-state index in [9.17, 15) is 9.59 Å². The van der Waals surface area contributed by atoms with E-state index in [1.807, 2.05) is 24.3 Å². The molecule has 0 unspecified atom stereocenters. The van der Waals surface area contributed by atoms with E-state index in [0.717, 1.165) is 42.5 Å². The molecule has 2 fully saturated rings. The zero-order chi connectivity index (χ0) is 19.3. The van der Waals surface area contributed by atoms with Crippen LogP contribution in [-0.4, -0.2) is 53.2 Å². The van der Waals surface area contributed by atoms with Gasteiger partial charge in [-0.1, -0.05) is 37.1 Å². The topological polar surface area (TPSA) is 87.3 Å². The maximum atomic E-state index is 12.8. The fraction of sp³-hybridized carbons (Fsp3) is 0.476. The minimum atomic E-state index is -0.0278. The van der Waals surface area contributed by atoms with Crippen LogP contribution in [0.1, 0.15) is 41.6 Å². The summed E-state index contributed by atoms with van der Waals surface area (Å²) in [7, 11) is 0. The Morgan fingerprint density at radius 3 is 2.57 bits per heavy atom. The van der Waals surface area contributed by atoms with Crippen LogP contribution in [0.4, 0.5) is 0 Å². The number of nitrogens with zero attached hydrogens (tertiary/aromatic N) is 2. The van der Waals surface area contributed by atoms with Gasteiger partial charge in [-0.15, -0.1) is 0 Å². The van der Waals surface area contributed by atoms with Crippen LogP contribution < -0.4 is 5.32 Å². The van der Waals surface area contributed by atoms with Crippen molar-refractivity contribution in [1.29, 1.82) is 0 Å². The maximum Gasteiger partial charge on any atom is 0.257 e. The van der Waals surface area contributed by atoms with E-state index in [1.165, 1.54) is 0 Å². The van der Waals surface area contributed by atoms with Crippen molar-refractivity contribution in [3.63, 3.8) is 0 Å². The summed E-state index contributed by atoms with van der Waals surface area (Å²) in [5.74, 6) is 0.312. The van der Waals surface area contributed by atoms with Gasteiger partial charge in [-0.05, 0) is 18.4 Å². The largest absolute Gasteiger partial charge is 0.378 e. The molecule has 1 aromatic heterocycles. The van der Waals surface area contributed by atoms with E-state index < -0.39 is 0 Å². The van der Waals surface area contributed by atoms with E-state index in [1.54, 1.807) is 11.1 Å². The standard InChI is InChI=1S/C21H26N4O3/c26-20(17-3-1-2-4-17)22-13-15-5-7-16(8-6-15)19-18(14-23-24-19)21(27)25-9-11-28-12-10-25/h5-8,14,17H,1-4,9-13H2,(H,22,26)(H,23,24). The van der Waals surface area contributed by atoms with E-state index in [4.69, 9.17) is 4.74 Å². The smallest absolute Gasteiger partial charge is 0.257 e. The number of ether oxygens (including phenoxy) is 1. The fourth-order valence-electron chi connectivity index (χ4n) is 3.92. The highest BCUT2D eigenvalue weighted by Gasteiger charge is 2.24. The molecule has 2 N–H and O–H groups in total. The van der Waals surface area contributed by atoms with E-state index in [0.29, 0.717) is 38.4 Å². The van der Waals surface area contributed by atoms with Gasteiger partial charge >= 0.3 is 0 Å². The minimum absolute atomic E-state index is 0.0278. The Hall–Kier alpha value is -2.67. The van der Waals surface area contributed by atoms with Gasteiger partial charge in [-0.2, -0.15) is 5.10 Å². The number of rotatable bonds is 5. The number of carbonyl (C=O) groups is 2. The molecule has 1 aromatic carbocycles. The molecule has 4 rings (SSSR count). The number of aromatic nitrogens is 2. The molecule has 0 spiro atoms. The first-order chi connectivity index (χ1) is 13.7. The van der Waals surface area contributed by atoms with Crippen molar-refractivity contribution in [2.45, 2.75) is 32.2 Å². The summed E-state index contributed by atoms with van der Waals surface area (Å²) in [4.78, 5) is 26.8. The van der Waals surface area contributed by atoms with Gasteiger partial charge < -0.3 is 15.0 Å². The van der Waals surface area contributed by atoms with Gasteiger partial charge in [0.05, 0.1) is 30.7 Å². The number of nitrogens with one attached hydrogen (secondary N) is 2. The summed E-state index contributed by atoms with van der Waals surface area (Å²) in [5, 5.41) is 10.1. The maximum absolute atomic E-state index is 12.8. The van der Waals surface area contributed by atoms with Crippen molar-refractivity contribution in [2.75, 3.05) is 26.3 Å². The van der Waals surface area contributed by atoms with Gasteiger partial charge in [0, 0.05) is 31.1 Å². The Morgan fingerprint density at radius 2 is 1.86 bits per heavy atom. The lowest BCUT2D eigenvalue weighted by Gasteiger charge is -2.26. The monoisotopic (exact) mass is 382 g/mol. The lowest BCUT2D eigenvalue weighted by atomic mass is 10.0. The van der Waals surface area contributed by atoms with Crippen molar-refractivity contribution >= 4 is 11.8 Å². The van der Waals surface area contributed by atoms with Crippen molar-refractivity contribution in [1.82, 2.24) is 20.4 Å². The summed E-state index contributed by atoms with van der Waals surface area (Å²) in [6, 6.07) is 7.88. The molecule has 0 radical (unpaired) electrons. The van der Waals surface area contributed by atoms with Gasteiger partial charge in [-0.25, -0.2) is 0 Å². The molecule has 28 heavy (non-hydrogen) atoms. The molecule has 7 heteroatoms. The highest BCUT2D eigenvalue weighted by molar-refractivity contribution is 5.99. The Morgan fingerprint density at radius 1 is 1.14 bits per heavy atom. The molecule has 148 valence electrons. The molecule has 1 saturated carbocycles. The van der Waals surface area contributed by atoms with Gasteiger partial charge in [0.2, 0.25) is 5.91 Å². The zero-order valence-electron chi connectivity index (χ0n) is 15.9. The molecule has 2 aliphatic rings. The van der Waals surface area contributed by atoms with Crippen molar-refractivity contribution in [3.8, 4) is 11.3 Å². The van der Waals surface area contributed by atoms with E-state index >= 15 is 0 Å². The second-order valence-electron chi connectivity index (χ2n) is 7.46. The summed E-state index contributed by atoms with van der Waals surface area (Å²) in [6.45, 7) is 2.87. The Balaban J connectivity index is 1.41. The average Bonchev–Trinajstić information content (AvgIpc) is 3.45. The van der Waals surface area contributed by atoms with E-state index in [2.05, 4.69) is 15.5 Å². The fourth-order valence-corrected chi connectivity index (χ4v) is 3.92. The van der Waals surface area contributed by atoms with Gasteiger partial charge in [-0.3, -0.25) is 14.7 Å². The second-order valence-corrected chi connectivity index (χ2v) is 7.46. The van der Waals surface area contributed by atoms with Crippen molar-refractivity contribution in [3.05, 3.63) is 41.6 Å². The van der Waals surface area contributed by atoms with Crippen LogP contribution in [0.25, 0.3) is 11.3 Å². The molecular weight excluding hydrogens is 356 g/mol. The Bertz CT molecular complexity index is 818. The van der Waals surface area contributed by atoms with Crippen LogP contribution in [0, 0.1) is 5.92 Å². The summed E-state index contributed by atoms with van der Waals surface area (Å²) in [5.41, 5.74) is 3.23. The summed E-state index contributed by atoms with van der Waals surface area (Å²) < 4.78 is 5.32. The number of H-pyrrole nitrogens is 1. The normalized spacial score (nSPS) is 17.6. The van der Waals surface area contributed by atoms with Crippen LogP contribution in [0.15, 0.2) is 30.5 Å². The Labute approximate surface area is 164 Å². The minimum Gasteiger partial charge on any atom is -0.378 e. The first kappa shape index (κ1) is 18.7. The number of aromatic amines is 1. The molecule has 1 aliphatic heterocycles. The number of morpholine rings is 1. The van der Waals surface area contributed by atoms with Gasteiger partial charge in [0.15, 0.2) is 0 Å². The second kappa shape index (κ2) is 8.56. The quantitative estimate of drug-likeness (QED) is 0.831. The van der Waals surface area contributed by atoms with Gasteiger partial charge in [0.25, 0.3) is 5.91 Å². The van der Waals surface area contributed by atoms with Crippen LogP contribution in [0.5, 0.6) is 0 Å². The molecule has 0 atom stereocenters. The third-order valence-electron chi connectivity index (χ3n) is 5.60. The number of hydrogen-bond acceptors (Lipinski definition) is 4. The molecule has 1 aliphatic carbocycles. The lowest BCUT2D eigenvalue weighted by Crippen LogP contribution is -2.40. The number of amides is 2. The van der Waals surface area contributed by atoms with Crippen LogP contribution in [-0.2, 0) is 16.1 Å². The highest BCUT2D eigenvalue weighted by Crippen LogP contribution is 2.25. The molecule has 2 aromatic rings. The van der Waals surface area contributed by atoms with Crippen molar-refractivity contribution < 1.29 is 14.3 Å². The van der Waals surface area contributed by atoms with E-state index in [-0.39, 0.29) is 17.7 Å². The molecule has 2 heterocycles. The molecule has 1 saturated heterocycles. The number of carbonyl (C=O) groups excluding carboxylic acids is 2. The molecule has 0 bridgehead atoms. The third-order valence-corrected chi connectivity index (χ3v) is 5.60. The van der Waals surface area contributed by atoms with Gasteiger partial charge in [0.1, 0.15) is 0 Å². The predicted molar refractivity (Wildman–Crippen MR) is 105 cm³/mol. The number of hydrogen-bond donors (Lipinski definition) is 2. The average molecular weight is 382 g/mol.